The molecule has 1 heterocycles. The summed E-state index contributed by atoms with van der Waals surface area (Å²) in [7, 11) is 3.85. The minimum absolute atomic E-state index is 0.390. The topological polar surface area (TPSA) is 30.9 Å². The Morgan fingerprint density at radius 2 is 1.94 bits per heavy atom. The molecule has 4 nitrogen and oxygen atoms in total. The van der Waals surface area contributed by atoms with Crippen LogP contribution in [-0.2, 0) is 14.2 Å². The van der Waals surface area contributed by atoms with Crippen LogP contribution in [0.4, 0.5) is 0 Å². The van der Waals surface area contributed by atoms with E-state index in [0.717, 1.165) is 13.0 Å². The molecule has 4 heteroatoms. The van der Waals surface area contributed by atoms with E-state index < -0.39 is 0 Å². The van der Waals surface area contributed by atoms with Crippen LogP contribution >= 0.6 is 0 Å². The predicted octanol–water partition coefficient (Wildman–Crippen LogP) is 1.15. The first-order chi connectivity index (χ1) is 7.77. The van der Waals surface area contributed by atoms with Gasteiger partial charge in [0, 0.05) is 19.7 Å². The number of ether oxygens (including phenoxy) is 3. The number of hydrogen-bond acceptors (Lipinski definition) is 4. The number of nitrogens with zero attached hydrogens (tertiary/aromatic N) is 1. The molecule has 0 aromatic rings. The van der Waals surface area contributed by atoms with Crippen molar-refractivity contribution in [3.63, 3.8) is 0 Å². The summed E-state index contributed by atoms with van der Waals surface area (Å²) < 4.78 is 16.0. The third-order valence-electron chi connectivity index (χ3n) is 3.13. The summed E-state index contributed by atoms with van der Waals surface area (Å²) in [5.41, 5.74) is 0. The molecule has 0 radical (unpaired) electrons. The minimum atomic E-state index is 0.390. The number of methoxy groups -OCH3 is 1. The fourth-order valence-electron chi connectivity index (χ4n) is 2.15. The lowest BCUT2D eigenvalue weighted by atomic mass is 10.1. The molecule has 1 fully saturated rings. The van der Waals surface area contributed by atoms with E-state index in [1.165, 1.54) is 6.42 Å². The molecule has 1 saturated heterocycles. The van der Waals surface area contributed by atoms with Crippen LogP contribution in [-0.4, -0.2) is 64.2 Å². The lowest BCUT2D eigenvalue weighted by Gasteiger charge is -2.15. The van der Waals surface area contributed by atoms with Crippen molar-refractivity contribution in [1.29, 1.82) is 0 Å². The van der Waals surface area contributed by atoms with Crippen molar-refractivity contribution in [2.24, 2.45) is 0 Å². The van der Waals surface area contributed by atoms with Gasteiger partial charge in [-0.3, -0.25) is 0 Å². The number of rotatable bonds is 8. The summed E-state index contributed by atoms with van der Waals surface area (Å²) in [5.74, 6) is 0. The Bertz CT molecular complexity index is 178. The quantitative estimate of drug-likeness (QED) is 0.586. The fourth-order valence-corrected chi connectivity index (χ4v) is 2.15. The van der Waals surface area contributed by atoms with Crippen molar-refractivity contribution < 1.29 is 14.2 Å². The molecule has 0 amide bonds. The molecule has 2 atom stereocenters. The number of hydrogen-bond donors (Lipinski definition) is 0. The molecule has 96 valence electrons. The Kier molecular flexibility index (Phi) is 6.96. The highest BCUT2D eigenvalue weighted by Crippen LogP contribution is 2.20. The van der Waals surface area contributed by atoms with Gasteiger partial charge in [0.1, 0.15) is 0 Å². The monoisotopic (exact) mass is 231 g/mol. The summed E-state index contributed by atoms with van der Waals surface area (Å²) in [5, 5.41) is 0. The van der Waals surface area contributed by atoms with Gasteiger partial charge in [-0.15, -0.1) is 0 Å². The summed E-state index contributed by atoms with van der Waals surface area (Å²) in [4.78, 5) is 2.39. The maximum absolute atomic E-state index is 5.78. The fraction of sp³-hybridized carbons (Fsp3) is 1.00. The largest absolute Gasteiger partial charge is 0.382 e. The van der Waals surface area contributed by atoms with Crippen LogP contribution in [0, 0.1) is 0 Å². The molecule has 1 aliphatic rings. The van der Waals surface area contributed by atoms with Crippen molar-refractivity contribution in [1.82, 2.24) is 4.90 Å². The summed E-state index contributed by atoms with van der Waals surface area (Å²) in [6, 6.07) is 0.694. The van der Waals surface area contributed by atoms with Gasteiger partial charge in [0.25, 0.3) is 0 Å². The molecular weight excluding hydrogens is 206 g/mol. The zero-order chi connectivity index (χ0) is 11.8. The maximum atomic E-state index is 5.78. The van der Waals surface area contributed by atoms with E-state index >= 15 is 0 Å². The Morgan fingerprint density at radius 1 is 1.19 bits per heavy atom. The summed E-state index contributed by atoms with van der Waals surface area (Å²) >= 11 is 0. The normalized spacial score (nSPS) is 26.4. The molecule has 16 heavy (non-hydrogen) atoms. The molecule has 0 spiro atoms. The average Bonchev–Trinajstić information content (AvgIpc) is 2.64. The SMILES string of the molecule is CCC1CC(OCCOCCOC)CN1C. The van der Waals surface area contributed by atoms with Gasteiger partial charge in [-0.1, -0.05) is 6.92 Å². The maximum Gasteiger partial charge on any atom is 0.0718 e. The van der Waals surface area contributed by atoms with Gasteiger partial charge in [0.05, 0.1) is 32.5 Å². The van der Waals surface area contributed by atoms with E-state index in [2.05, 4.69) is 18.9 Å². The Labute approximate surface area is 98.8 Å². The van der Waals surface area contributed by atoms with E-state index in [9.17, 15) is 0 Å². The highest BCUT2D eigenvalue weighted by atomic mass is 16.5. The van der Waals surface area contributed by atoms with Crippen LogP contribution in [0.3, 0.4) is 0 Å². The molecule has 0 aliphatic carbocycles. The van der Waals surface area contributed by atoms with E-state index in [1.807, 2.05) is 0 Å². The van der Waals surface area contributed by atoms with Crippen molar-refractivity contribution in [2.75, 3.05) is 47.1 Å². The third kappa shape index (κ3) is 4.78. The standard InChI is InChI=1S/C12H25NO3/c1-4-11-9-12(10-13(11)2)16-8-7-15-6-5-14-3/h11-12H,4-10H2,1-3H3. The molecule has 0 saturated carbocycles. The second kappa shape index (κ2) is 8.01. The number of likely N-dealkylation sites (N-methyl/N-ethyl adjacent to an activating group) is 1. The summed E-state index contributed by atoms with van der Waals surface area (Å²) in [6.45, 7) is 5.96. The highest BCUT2D eigenvalue weighted by molar-refractivity contribution is 4.82. The molecule has 2 unspecified atom stereocenters. The lowest BCUT2D eigenvalue weighted by molar-refractivity contribution is -0.00234. The van der Waals surface area contributed by atoms with Crippen LogP contribution in [0.2, 0.25) is 0 Å². The lowest BCUT2D eigenvalue weighted by Crippen LogP contribution is -2.24. The van der Waals surface area contributed by atoms with Gasteiger partial charge in [-0.2, -0.15) is 0 Å². The zero-order valence-electron chi connectivity index (χ0n) is 10.8. The van der Waals surface area contributed by atoms with E-state index in [-0.39, 0.29) is 0 Å². The first-order valence-corrected chi connectivity index (χ1v) is 6.16. The first kappa shape index (κ1) is 13.9. The number of likely N-dealkylation sites (tertiary alicyclic amines) is 1. The third-order valence-corrected chi connectivity index (χ3v) is 3.13. The second-order valence-electron chi connectivity index (χ2n) is 4.34. The molecule has 0 aromatic carbocycles. The second-order valence-corrected chi connectivity index (χ2v) is 4.34. The predicted molar refractivity (Wildman–Crippen MR) is 63.8 cm³/mol. The van der Waals surface area contributed by atoms with Gasteiger partial charge in [0.15, 0.2) is 0 Å². The van der Waals surface area contributed by atoms with Crippen molar-refractivity contribution in [2.45, 2.75) is 31.9 Å². The molecule has 0 N–H and O–H groups in total. The van der Waals surface area contributed by atoms with Crippen LogP contribution in [0.1, 0.15) is 19.8 Å². The Balaban J connectivity index is 1.98. The average molecular weight is 231 g/mol. The van der Waals surface area contributed by atoms with Gasteiger partial charge in [0.2, 0.25) is 0 Å². The van der Waals surface area contributed by atoms with Gasteiger partial charge in [-0.25, -0.2) is 0 Å². The van der Waals surface area contributed by atoms with Crippen molar-refractivity contribution in [3.05, 3.63) is 0 Å². The van der Waals surface area contributed by atoms with Crippen LogP contribution in [0.5, 0.6) is 0 Å². The van der Waals surface area contributed by atoms with E-state index in [4.69, 9.17) is 14.2 Å². The van der Waals surface area contributed by atoms with Gasteiger partial charge in [-0.05, 0) is 19.9 Å². The molecular formula is C12H25NO3. The molecule has 0 bridgehead atoms. The van der Waals surface area contributed by atoms with E-state index in [0.29, 0.717) is 38.6 Å². The van der Waals surface area contributed by atoms with Crippen LogP contribution in [0.25, 0.3) is 0 Å². The first-order valence-electron chi connectivity index (χ1n) is 6.16. The van der Waals surface area contributed by atoms with Crippen molar-refractivity contribution >= 4 is 0 Å². The Morgan fingerprint density at radius 3 is 2.56 bits per heavy atom. The smallest absolute Gasteiger partial charge is 0.0718 e. The molecule has 1 aliphatic heterocycles. The minimum Gasteiger partial charge on any atom is -0.382 e. The van der Waals surface area contributed by atoms with Gasteiger partial charge >= 0.3 is 0 Å². The molecule has 1 rings (SSSR count). The van der Waals surface area contributed by atoms with Crippen LogP contribution in [0.15, 0.2) is 0 Å². The van der Waals surface area contributed by atoms with Crippen LogP contribution < -0.4 is 0 Å². The molecule has 0 aromatic heterocycles. The van der Waals surface area contributed by atoms with E-state index in [1.54, 1.807) is 7.11 Å². The van der Waals surface area contributed by atoms with Gasteiger partial charge < -0.3 is 19.1 Å². The Hall–Kier alpha value is -0.160. The van der Waals surface area contributed by atoms with Crippen molar-refractivity contribution in [3.8, 4) is 0 Å². The zero-order valence-corrected chi connectivity index (χ0v) is 10.8. The highest BCUT2D eigenvalue weighted by Gasteiger charge is 2.28. The summed E-state index contributed by atoms with van der Waals surface area (Å²) in [6.07, 6.45) is 2.76.